The number of primary amides is 1. The number of hydrogen-bond donors (Lipinski definition) is 1. The maximum atomic E-state index is 12.5. The van der Waals surface area contributed by atoms with Crippen LogP contribution in [0, 0.1) is 0 Å². The fourth-order valence-electron chi connectivity index (χ4n) is 3.77. The Bertz CT molecular complexity index is 575. The maximum absolute atomic E-state index is 12.5. The largest absolute Gasteiger partial charge is 0.456 e. The van der Waals surface area contributed by atoms with E-state index >= 15 is 0 Å². The van der Waals surface area contributed by atoms with Gasteiger partial charge in [-0.25, -0.2) is 0 Å². The van der Waals surface area contributed by atoms with Gasteiger partial charge in [0.25, 0.3) is 5.91 Å². The first-order valence-electron chi connectivity index (χ1n) is 8.53. The second kappa shape index (κ2) is 6.74. The number of hydrogen-bond acceptors (Lipinski definition) is 4. The highest BCUT2D eigenvalue weighted by atomic mass is 16.4. The van der Waals surface area contributed by atoms with Crippen LogP contribution in [-0.2, 0) is 11.2 Å². The summed E-state index contributed by atoms with van der Waals surface area (Å²) < 4.78 is 5.56. The van der Waals surface area contributed by atoms with Crippen molar-refractivity contribution in [1.82, 2.24) is 9.80 Å². The van der Waals surface area contributed by atoms with Crippen molar-refractivity contribution in [3.63, 3.8) is 0 Å². The molecule has 0 aromatic carbocycles. The number of piperidine rings is 1. The molecule has 0 radical (unpaired) electrons. The van der Waals surface area contributed by atoms with E-state index in [2.05, 4.69) is 4.90 Å². The molecule has 23 heavy (non-hydrogen) atoms. The van der Waals surface area contributed by atoms with Crippen molar-refractivity contribution in [3.05, 3.63) is 23.7 Å². The molecule has 2 N–H and O–H groups in total. The first kappa shape index (κ1) is 16.1. The average molecular weight is 319 g/mol. The van der Waals surface area contributed by atoms with Gasteiger partial charge in [0.15, 0.2) is 5.76 Å². The zero-order valence-electron chi connectivity index (χ0n) is 13.7. The predicted octanol–water partition coefficient (Wildman–Crippen LogP) is 1.40. The Morgan fingerprint density at radius 3 is 2.57 bits per heavy atom. The standard InChI is InChI=1S/C17H25N3O3/c1-2-13-5-6-15(23-13)17(22)19-10-7-12(8-11-19)20-9-3-4-14(20)16(18)21/h5-6,12,14H,2-4,7-11H2,1H3,(H2,18,21)/t14-/m1/s1. The van der Waals surface area contributed by atoms with E-state index in [1.54, 1.807) is 6.07 Å². The highest BCUT2D eigenvalue weighted by Gasteiger charge is 2.36. The van der Waals surface area contributed by atoms with Crippen LogP contribution in [0.5, 0.6) is 0 Å². The van der Waals surface area contributed by atoms with Gasteiger partial charge in [-0.1, -0.05) is 6.92 Å². The van der Waals surface area contributed by atoms with E-state index in [4.69, 9.17) is 10.2 Å². The Labute approximate surface area is 136 Å². The van der Waals surface area contributed by atoms with E-state index < -0.39 is 0 Å². The minimum absolute atomic E-state index is 0.0315. The summed E-state index contributed by atoms with van der Waals surface area (Å²) in [4.78, 5) is 28.1. The summed E-state index contributed by atoms with van der Waals surface area (Å²) in [6.07, 6.45) is 4.45. The minimum atomic E-state index is -0.219. The second-order valence-electron chi connectivity index (χ2n) is 6.44. The van der Waals surface area contributed by atoms with E-state index in [1.807, 2.05) is 17.9 Å². The summed E-state index contributed by atoms with van der Waals surface area (Å²) in [7, 11) is 0. The fraction of sp³-hybridized carbons (Fsp3) is 0.647. The van der Waals surface area contributed by atoms with Gasteiger partial charge in [0.1, 0.15) is 5.76 Å². The molecule has 2 saturated heterocycles. The fourth-order valence-corrected chi connectivity index (χ4v) is 3.77. The molecule has 0 unspecified atom stereocenters. The van der Waals surface area contributed by atoms with Crippen LogP contribution in [0.25, 0.3) is 0 Å². The first-order chi connectivity index (χ1) is 11.1. The highest BCUT2D eigenvalue weighted by molar-refractivity contribution is 5.91. The lowest BCUT2D eigenvalue weighted by atomic mass is 10.0. The molecule has 6 heteroatoms. The zero-order chi connectivity index (χ0) is 16.4. The lowest BCUT2D eigenvalue weighted by Crippen LogP contribution is -2.51. The summed E-state index contributed by atoms with van der Waals surface area (Å²) in [6.45, 7) is 4.34. The number of carbonyl (C=O) groups excluding carboxylic acids is 2. The van der Waals surface area contributed by atoms with Crippen molar-refractivity contribution in [2.75, 3.05) is 19.6 Å². The van der Waals surface area contributed by atoms with Crippen LogP contribution in [0.2, 0.25) is 0 Å². The first-order valence-corrected chi connectivity index (χ1v) is 8.53. The molecular formula is C17H25N3O3. The molecule has 1 atom stereocenters. The Morgan fingerprint density at radius 2 is 1.96 bits per heavy atom. The third-order valence-corrected chi connectivity index (χ3v) is 5.06. The van der Waals surface area contributed by atoms with Crippen LogP contribution in [0.3, 0.4) is 0 Å². The van der Waals surface area contributed by atoms with Gasteiger partial charge in [-0.2, -0.15) is 0 Å². The van der Waals surface area contributed by atoms with Crippen molar-refractivity contribution in [1.29, 1.82) is 0 Å². The van der Waals surface area contributed by atoms with Gasteiger partial charge in [-0.05, 0) is 44.4 Å². The van der Waals surface area contributed by atoms with Crippen molar-refractivity contribution < 1.29 is 14.0 Å². The Morgan fingerprint density at radius 1 is 1.22 bits per heavy atom. The van der Waals surface area contributed by atoms with Gasteiger partial charge in [0.05, 0.1) is 6.04 Å². The molecule has 6 nitrogen and oxygen atoms in total. The minimum Gasteiger partial charge on any atom is -0.456 e. The summed E-state index contributed by atoms with van der Waals surface area (Å²) >= 11 is 0. The number of rotatable bonds is 4. The second-order valence-corrected chi connectivity index (χ2v) is 6.44. The number of aryl methyl sites for hydroxylation is 1. The van der Waals surface area contributed by atoms with Crippen LogP contribution < -0.4 is 5.73 Å². The number of amides is 2. The third-order valence-electron chi connectivity index (χ3n) is 5.06. The average Bonchev–Trinajstić information content (AvgIpc) is 3.23. The summed E-state index contributed by atoms with van der Waals surface area (Å²) in [5, 5.41) is 0. The van der Waals surface area contributed by atoms with Gasteiger partial charge >= 0.3 is 0 Å². The molecule has 2 aliphatic rings. The lowest BCUT2D eigenvalue weighted by Gasteiger charge is -2.38. The summed E-state index contributed by atoms with van der Waals surface area (Å²) in [5.74, 6) is 1.01. The number of likely N-dealkylation sites (tertiary alicyclic amines) is 2. The highest BCUT2D eigenvalue weighted by Crippen LogP contribution is 2.26. The molecule has 0 bridgehead atoms. The number of carbonyl (C=O) groups is 2. The number of nitrogens with two attached hydrogens (primary N) is 1. The van der Waals surface area contributed by atoms with Crippen LogP contribution in [0.4, 0.5) is 0 Å². The molecule has 1 aromatic rings. The zero-order valence-corrected chi connectivity index (χ0v) is 13.7. The van der Waals surface area contributed by atoms with Crippen LogP contribution >= 0.6 is 0 Å². The molecule has 2 fully saturated rings. The van der Waals surface area contributed by atoms with Crippen molar-refractivity contribution >= 4 is 11.8 Å². The quantitative estimate of drug-likeness (QED) is 0.909. The van der Waals surface area contributed by atoms with E-state index in [0.29, 0.717) is 24.9 Å². The predicted molar refractivity (Wildman–Crippen MR) is 85.9 cm³/mol. The van der Waals surface area contributed by atoms with E-state index in [0.717, 1.165) is 44.4 Å². The molecule has 2 aliphatic heterocycles. The van der Waals surface area contributed by atoms with Crippen LogP contribution in [-0.4, -0.2) is 53.3 Å². The van der Waals surface area contributed by atoms with Crippen LogP contribution in [0.15, 0.2) is 16.5 Å². The van der Waals surface area contributed by atoms with E-state index in [9.17, 15) is 9.59 Å². The monoisotopic (exact) mass is 319 g/mol. The van der Waals surface area contributed by atoms with Crippen molar-refractivity contribution in [2.24, 2.45) is 5.73 Å². The Balaban J connectivity index is 1.58. The lowest BCUT2D eigenvalue weighted by molar-refractivity contribution is -0.123. The normalized spacial score (nSPS) is 23.3. The number of nitrogens with zero attached hydrogens (tertiary/aromatic N) is 2. The van der Waals surface area contributed by atoms with Gasteiger partial charge in [-0.15, -0.1) is 0 Å². The van der Waals surface area contributed by atoms with Crippen molar-refractivity contribution in [2.45, 2.75) is 51.1 Å². The molecule has 1 aromatic heterocycles. The van der Waals surface area contributed by atoms with E-state index in [-0.39, 0.29) is 17.9 Å². The summed E-state index contributed by atoms with van der Waals surface area (Å²) in [5.41, 5.74) is 5.50. The SMILES string of the molecule is CCc1ccc(C(=O)N2CCC(N3CCC[C@@H]3C(N)=O)CC2)o1. The molecular weight excluding hydrogens is 294 g/mol. The molecule has 2 amide bonds. The van der Waals surface area contributed by atoms with Gasteiger partial charge in [-0.3, -0.25) is 14.5 Å². The van der Waals surface area contributed by atoms with Gasteiger partial charge < -0.3 is 15.1 Å². The molecule has 3 rings (SSSR count). The van der Waals surface area contributed by atoms with E-state index in [1.165, 1.54) is 0 Å². The summed E-state index contributed by atoms with van der Waals surface area (Å²) in [6, 6.07) is 3.85. The number of furan rings is 1. The van der Waals surface area contributed by atoms with Crippen molar-refractivity contribution in [3.8, 4) is 0 Å². The topological polar surface area (TPSA) is 79.8 Å². The molecule has 126 valence electrons. The smallest absolute Gasteiger partial charge is 0.289 e. The molecule has 3 heterocycles. The Hall–Kier alpha value is -1.82. The third kappa shape index (κ3) is 3.27. The molecule has 0 spiro atoms. The van der Waals surface area contributed by atoms with Gasteiger partial charge in [0.2, 0.25) is 5.91 Å². The molecule has 0 aliphatic carbocycles. The van der Waals surface area contributed by atoms with Crippen LogP contribution in [0.1, 0.15) is 48.9 Å². The van der Waals surface area contributed by atoms with Gasteiger partial charge in [0, 0.05) is 25.6 Å². The molecule has 0 saturated carbocycles. The Kier molecular flexibility index (Phi) is 4.71. The maximum Gasteiger partial charge on any atom is 0.289 e.